The normalized spacial score (nSPS) is 20.6. The fourth-order valence-electron chi connectivity index (χ4n) is 9.82. The minimum Gasteiger partial charge on any atom is -0.497 e. The molecule has 1 aromatic heterocycles. The number of methoxy groups -OCH3 is 2. The predicted molar refractivity (Wildman–Crippen MR) is 235 cm³/mol. The number of nitrogens with zero attached hydrogens (tertiary/aromatic N) is 3. The number of thioether (sulfide) groups is 1. The van der Waals surface area contributed by atoms with Gasteiger partial charge in [-0.3, -0.25) is 4.79 Å². The van der Waals surface area contributed by atoms with E-state index >= 15 is 0 Å². The number of nitrogens with one attached hydrogen (secondary N) is 3. The molecule has 2 saturated heterocycles. The number of carbonyl (C=O) groups excluding carboxylic acids is 2. The average molecular weight is 831 g/mol. The van der Waals surface area contributed by atoms with Gasteiger partial charge < -0.3 is 39.8 Å². The van der Waals surface area contributed by atoms with Crippen LogP contribution in [0.1, 0.15) is 95.6 Å². The number of aromatic nitrogens is 2. The van der Waals surface area contributed by atoms with Gasteiger partial charge in [-0.2, -0.15) is 16.9 Å². The van der Waals surface area contributed by atoms with Crippen molar-refractivity contribution in [3.8, 4) is 22.8 Å². The molecule has 0 bridgehead atoms. The van der Waals surface area contributed by atoms with Gasteiger partial charge in [0.2, 0.25) is 5.91 Å². The Balaban J connectivity index is 0.754. The van der Waals surface area contributed by atoms with Crippen molar-refractivity contribution in [1.82, 2.24) is 25.3 Å². The third kappa shape index (κ3) is 10.7. The molecule has 1 saturated carbocycles. The molecule has 3 fully saturated rings. The van der Waals surface area contributed by atoms with Crippen LogP contribution < -0.4 is 25.4 Å². The molecule has 4 aliphatic rings. The second-order valence-electron chi connectivity index (χ2n) is 16.7. The van der Waals surface area contributed by atoms with Crippen LogP contribution in [0.2, 0.25) is 0 Å². The Hall–Kier alpha value is -3.94. The maximum Gasteiger partial charge on any atom is 0.318 e. The first-order valence-electron chi connectivity index (χ1n) is 22.2. The summed E-state index contributed by atoms with van der Waals surface area (Å²) in [6.45, 7) is 7.47. The molecule has 3 amide bonds. The number of ether oxygens (including phenoxy) is 4. The van der Waals surface area contributed by atoms with Crippen molar-refractivity contribution >= 4 is 35.2 Å². The number of amides is 3. The molecule has 12 nitrogen and oxygen atoms in total. The summed E-state index contributed by atoms with van der Waals surface area (Å²) in [5.41, 5.74) is 5.37. The molecule has 13 heteroatoms. The summed E-state index contributed by atoms with van der Waals surface area (Å²) in [5, 5.41) is 15.4. The molecule has 59 heavy (non-hydrogen) atoms. The summed E-state index contributed by atoms with van der Waals surface area (Å²) >= 11 is 2.00. The van der Waals surface area contributed by atoms with Crippen molar-refractivity contribution in [1.29, 1.82) is 0 Å². The van der Waals surface area contributed by atoms with Gasteiger partial charge in [-0.25, -0.2) is 9.48 Å². The summed E-state index contributed by atoms with van der Waals surface area (Å²) in [6.07, 6.45) is 13.3. The smallest absolute Gasteiger partial charge is 0.318 e. The van der Waals surface area contributed by atoms with E-state index in [1.54, 1.807) is 14.2 Å². The molecule has 2 aromatic carbocycles. The average Bonchev–Trinajstić information content (AvgIpc) is 4.09. The van der Waals surface area contributed by atoms with E-state index in [2.05, 4.69) is 46.8 Å². The summed E-state index contributed by atoms with van der Waals surface area (Å²) in [7, 11) is 3.35. The quantitative estimate of drug-likeness (QED) is 0.0473. The zero-order valence-electron chi connectivity index (χ0n) is 35.6. The highest BCUT2D eigenvalue weighted by molar-refractivity contribution is 8.00. The van der Waals surface area contributed by atoms with Crippen LogP contribution in [0.5, 0.6) is 11.5 Å². The van der Waals surface area contributed by atoms with Gasteiger partial charge in [-0.05, 0) is 80.3 Å². The van der Waals surface area contributed by atoms with E-state index < -0.39 is 0 Å². The van der Waals surface area contributed by atoms with Gasteiger partial charge in [0, 0.05) is 59.3 Å². The number of fused-ring (bicyclic) bond motifs is 4. The van der Waals surface area contributed by atoms with Gasteiger partial charge in [0.15, 0.2) is 0 Å². The molecule has 5 unspecified atom stereocenters. The number of unbranched alkanes of at least 4 members (excludes halogenated alkanes) is 1. The first kappa shape index (κ1) is 43.2. The SMILES string of the molecule is CCC(CCC(C)N1C(=O)NC2C(CCCCC(=O)NCCOCCOCCn3nc4c(c3Nc3cccc(OC)c3)Cc3cc(OC)ccc3-4)SCC21)C1CCCC1. The van der Waals surface area contributed by atoms with Crippen molar-refractivity contribution in [2.24, 2.45) is 11.8 Å². The molecule has 0 radical (unpaired) electrons. The minimum absolute atomic E-state index is 0.0604. The van der Waals surface area contributed by atoms with Gasteiger partial charge in [0.05, 0.1) is 65.0 Å². The van der Waals surface area contributed by atoms with Crippen molar-refractivity contribution < 1.29 is 28.5 Å². The van der Waals surface area contributed by atoms with Crippen LogP contribution in [-0.4, -0.2) is 103 Å². The molecule has 2 aliphatic heterocycles. The number of carbonyl (C=O) groups is 2. The lowest BCUT2D eigenvalue weighted by Crippen LogP contribution is -2.43. The first-order chi connectivity index (χ1) is 28.9. The largest absolute Gasteiger partial charge is 0.497 e. The van der Waals surface area contributed by atoms with E-state index in [9.17, 15) is 9.59 Å². The highest BCUT2D eigenvalue weighted by Crippen LogP contribution is 2.43. The monoisotopic (exact) mass is 830 g/mol. The zero-order chi connectivity index (χ0) is 41.1. The Labute approximate surface area is 355 Å². The Bertz CT molecular complexity index is 1850. The number of urea groups is 1. The summed E-state index contributed by atoms with van der Waals surface area (Å²) in [6, 6.07) is 14.9. The molecule has 7 rings (SSSR count). The number of anilines is 2. The van der Waals surface area contributed by atoms with Gasteiger partial charge in [-0.15, -0.1) is 0 Å². The Morgan fingerprint density at radius 2 is 1.80 bits per heavy atom. The number of benzene rings is 2. The molecule has 0 spiro atoms. The molecule has 2 aliphatic carbocycles. The van der Waals surface area contributed by atoms with Gasteiger partial charge in [-0.1, -0.05) is 51.5 Å². The molecule has 5 atom stereocenters. The van der Waals surface area contributed by atoms with Crippen molar-refractivity contribution in [2.45, 2.75) is 121 Å². The first-order valence-corrected chi connectivity index (χ1v) is 23.2. The second-order valence-corrected chi connectivity index (χ2v) is 18.0. The van der Waals surface area contributed by atoms with Crippen LogP contribution in [0.25, 0.3) is 11.3 Å². The number of rotatable bonds is 24. The Morgan fingerprint density at radius 1 is 1.00 bits per heavy atom. The van der Waals surface area contributed by atoms with Crippen LogP contribution in [-0.2, 0) is 27.2 Å². The van der Waals surface area contributed by atoms with E-state index in [0.29, 0.717) is 51.2 Å². The number of hydrogen-bond acceptors (Lipinski definition) is 9. The third-order valence-corrected chi connectivity index (χ3v) is 14.5. The lowest BCUT2D eigenvalue weighted by molar-refractivity contribution is -0.121. The van der Waals surface area contributed by atoms with Gasteiger partial charge >= 0.3 is 6.03 Å². The highest BCUT2D eigenvalue weighted by Gasteiger charge is 2.49. The van der Waals surface area contributed by atoms with E-state index in [0.717, 1.165) is 89.5 Å². The van der Waals surface area contributed by atoms with Crippen molar-refractivity contribution in [2.75, 3.05) is 58.3 Å². The van der Waals surface area contributed by atoms with Crippen LogP contribution in [0.15, 0.2) is 42.5 Å². The Kier molecular flexibility index (Phi) is 15.4. The summed E-state index contributed by atoms with van der Waals surface area (Å²) < 4.78 is 24.6. The topological polar surface area (TPSA) is 128 Å². The van der Waals surface area contributed by atoms with Crippen molar-refractivity contribution in [3.05, 3.63) is 53.6 Å². The van der Waals surface area contributed by atoms with Gasteiger partial charge in [0.1, 0.15) is 17.3 Å². The highest BCUT2D eigenvalue weighted by atomic mass is 32.2. The maximum atomic E-state index is 13.1. The molecule has 3 heterocycles. The predicted octanol–water partition coefficient (Wildman–Crippen LogP) is 8.19. The van der Waals surface area contributed by atoms with Gasteiger partial charge in [0.25, 0.3) is 0 Å². The molecular formula is C46H66N6O6S. The lowest BCUT2D eigenvalue weighted by atomic mass is 9.84. The van der Waals surface area contributed by atoms with Crippen LogP contribution in [0.4, 0.5) is 16.3 Å². The van der Waals surface area contributed by atoms with E-state index in [1.807, 2.05) is 46.8 Å². The summed E-state index contributed by atoms with van der Waals surface area (Å²) in [5.74, 6) is 5.32. The number of hydrogen-bond donors (Lipinski definition) is 3. The molecular weight excluding hydrogens is 765 g/mol. The Morgan fingerprint density at radius 3 is 2.59 bits per heavy atom. The third-order valence-electron chi connectivity index (χ3n) is 13.0. The molecule has 3 N–H and O–H groups in total. The van der Waals surface area contributed by atoms with Crippen LogP contribution in [0, 0.1) is 11.8 Å². The summed E-state index contributed by atoms with van der Waals surface area (Å²) in [4.78, 5) is 27.8. The molecule has 322 valence electrons. The standard InChI is InChI=1S/C46H66N6O6S/c1-5-32(33-11-6-7-12-33)18-17-31(2)52-40-30-59-41(44(40)49-46(52)54)15-8-9-16-42(53)47-21-23-57-25-26-58-24-22-51-45(48-35-13-10-14-36(29-35)55-3)39-28-34-27-37(56-4)19-20-38(34)43(39)50-51/h10,13-14,19-20,27,29,31-33,40-41,44,48H,5-9,11-12,15-18,21-26,28,30H2,1-4H3,(H,47,53)(H,49,54). The fraction of sp³-hybridized carbons (Fsp3) is 0.630. The van der Waals surface area contributed by atoms with E-state index in [4.69, 9.17) is 24.0 Å². The molecule has 3 aromatic rings. The minimum atomic E-state index is 0.0604. The second kappa shape index (κ2) is 21.0. The van der Waals surface area contributed by atoms with Crippen LogP contribution >= 0.6 is 11.8 Å². The van der Waals surface area contributed by atoms with E-state index in [-0.39, 0.29) is 30.1 Å². The fourth-order valence-corrected chi connectivity index (χ4v) is 11.4. The van der Waals surface area contributed by atoms with Crippen LogP contribution in [0.3, 0.4) is 0 Å². The van der Waals surface area contributed by atoms with Crippen molar-refractivity contribution in [3.63, 3.8) is 0 Å². The van der Waals surface area contributed by atoms with E-state index in [1.165, 1.54) is 44.1 Å². The maximum absolute atomic E-state index is 13.1. The lowest BCUT2D eigenvalue weighted by Gasteiger charge is -2.31. The zero-order valence-corrected chi connectivity index (χ0v) is 36.5.